The Morgan fingerprint density at radius 2 is 1.80 bits per heavy atom. The summed E-state index contributed by atoms with van der Waals surface area (Å²) < 4.78 is 5.24. The van der Waals surface area contributed by atoms with E-state index in [0.29, 0.717) is 17.2 Å². The van der Waals surface area contributed by atoms with Crippen molar-refractivity contribution in [2.75, 3.05) is 26.4 Å². The van der Waals surface area contributed by atoms with Gasteiger partial charge in [0.1, 0.15) is 10.6 Å². The average molecular weight is 361 g/mol. The number of carbonyl (C=O) groups excluding carboxylic acids is 1. The molecule has 0 spiro atoms. The van der Waals surface area contributed by atoms with Gasteiger partial charge in [-0.25, -0.2) is 4.79 Å². The summed E-state index contributed by atoms with van der Waals surface area (Å²) in [6.07, 6.45) is 0. The second kappa shape index (κ2) is 7.58. The number of rotatable bonds is 5. The van der Waals surface area contributed by atoms with Gasteiger partial charge in [0.05, 0.1) is 6.61 Å². The predicted octanol–water partition coefficient (Wildman–Crippen LogP) is 4.53. The summed E-state index contributed by atoms with van der Waals surface area (Å²) in [5, 5.41) is 0.519. The smallest absolute Gasteiger partial charge is 0.341 e. The number of hydrogen-bond donors (Lipinski definition) is 1. The highest BCUT2D eigenvalue weighted by Crippen LogP contribution is 2.40. The van der Waals surface area contributed by atoms with Crippen molar-refractivity contribution in [2.45, 2.75) is 39.7 Å². The van der Waals surface area contributed by atoms with E-state index in [1.807, 2.05) is 14.1 Å². The maximum Gasteiger partial charge on any atom is 0.341 e. The van der Waals surface area contributed by atoms with E-state index < -0.39 is 0 Å². The van der Waals surface area contributed by atoms with Gasteiger partial charge in [-0.3, -0.25) is 0 Å². The normalized spacial score (nSPS) is 11.8. The fourth-order valence-corrected chi connectivity index (χ4v) is 3.94. The van der Waals surface area contributed by atoms with Crippen LogP contribution < -0.4 is 5.73 Å². The second-order valence-electron chi connectivity index (χ2n) is 7.43. The van der Waals surface area contributed by atoms with Crippen molar-refractivity contribution >= 4 is 22.3 Å². The fraction of sp³-hybridized carbons (Fsp3) is 0.450. The largest absolute Gasteiger partial charge is 0.462 e. The summed E-state index contributed by atoms with van der Waals surface area (Å²) in [6, 6.07) is 8.39. The van der Waals surface area contributed by atoms with Crippen molar-refractivity contribution in [3.8, 4) is 11.1 Å². The van der Waals surface area contributed by atoms with Crippen molar-refractivity contribution in [1.29, 1.82) is 0 Å². The molecular formula is C20H28N2O2S. The number of hydrogen-bond acceptors (Lipinski definition) is 5. The molecule has 0 bridgehead atoms. The summed E-state index contributed by atoms with van der Waals surface area (Å²) >= 11 is 1.46. The van der Waals surface area contributed by atoms with Gasteiger partial charge in [0.2, 0.25) is 0 Å². The monoisotopic (exact) mass is 360 g/mol. The van der Waals surface area contributed by atoms with Crippen LogP contribution in [0.25, 0.3) is 11.1 Å². The quantitative estimate of drug-likeness (QED) is 0.796. The molecule has 136 valence electrons. The zero-order valence-corrected chi connectivity index (χ0v) is 16.8. The number of carbonyl (C=O) groups is 1. The first-order valence-electron chi connectivity index (χ1n) is 8.49. The van der Waals surface area contributed by atoms with Crippen LogP contribution in [0.2, 0.25) is 0 Å². The maximum atomic E-state index is 12.5. The Morgan fingerprint density at radius 1 is 1.20 bits per heavy atom. The molecule has 25 heavy (non-hydrogen) atoms. The second-order valence-corrected chi connectivity index (χ2v) is 8.56. The first-order chi connectivity index (χ1) is 11.6. The molecule has 4 nitrogen and oxygen atoms in total. The number of nitrogen functional groups attached to an aromatic ring is 1. The lowest BCUT2D eigenvalue weighted by molar-refractivity contribution is 0.0529. The Hall–Kier alpha value is -1.85. The third-order valence-electron chi connectivity index (χ3n) is 3.99. The van der Waals surface area contributed by atoms with E-state index in [9.17, 15) is 4.79 Å². The topological polar surface area (TPSA) is 55.6 Å². The van der Waals surface area contributed by atoms with Crippen LogP contribution in [-0.4, -0.2) is 31.6 Å². The molecule has 0 unspecified atom stereocenters. The minimum Gasteiger partial charge on any atom is -0.462 e. The molecule has 1 aromatic carbocycles. The number of anilines is 1. The molecule has 0 saturated heterocycles. The summed E-state index contributed by atoms with van der Waals surface area (Å²) in [7, 11) is 4.01. The highest BCUT2D eigenvalue weighted by atomic mass is 32.1. The van der Waals surface area contributed by atoms with Crippen molar-refractivity contribution in [2.24, 2.45) is 0 Å². The van der Waals surface area contributed by atoms with E-state index in [1.165, 1.54) is 16.9 Å². The molecule has 1 aromatic heterocycles. The number of ether oxygens (including phenoxy) is 1. The van der Waals surface area contributed by atoms with Crippen molar-refractivity contribution < 1.29 is 9.53 Å². The molecule has 0 radical (unpaired) electrons. The SMILES string of the molecule is CCOC(=O)c1c(N)sc(CN(C)C)c1-c1ccc(C(C)(C)C)cc1. The Bertz CT molecular complexity index is 740. The zero-order valence-electron chi connectivity index (χ0n) is 16.0. The molecule has 0 aliphatic carbocycles. The van der Waals surface area contributed by atoms with Gasteiger partial charge in [0, 0.05) is 17.0 Å². The Labute approximate surface area is 154 Å². The van der Waals surface area contributed by atoms with Gasteiger partial charge in [0.25, 0.3) is 0 Å². The van der Waals surface area contributed by atoms with Crippen LogP contribution in [0.5, 0.6) is 0 Å². The van der Waals surface area contributed by atoms with Crippen molar-refractivity contribution in [1.82, 2.24) is 4.90 Å². The molecule has 0 amide bonds. The zero-order chi connectivity index (χ0) is 18.8. The van der Waals surface area contributed by atoms with Crippen LogP contribution in [-0.2, 0) is 16.7 Å². The van der Waals surface area contributed by atoms with Crippen LogP contribution >= 0.6 is 11.3 Å². The summed E-state index contributed by atoms with van der Waals surface area (Å²) in [6.45, 7) is 9.42. The van der Waals surface area contributed by atoms with E-state index in [-0.39, 0.29) is 11.4 Å². The third-order valence-corrected chi connectivity index (χ3v) is 4.99. The minimum absolute atomic E-state index is 0.0860. The number of nitrogens with zero attached hydrogens (tertiary/aromatic N) is 1. The Balaban J connectivity index is 2.58. The van der Waals surface area contributed by atoms with Gasteiger partial charge in [-0.2, -0.15) is 0 Å². The van der Waals surface area contributed by atoms with E-state index in [4.69, 9.17) is 10.5 Å². The minimum atomic E-state index is -0.351. The molecule has 1 heterocycles. The molecule has 0 aliphatic heterocycles. The van der Waals surface area contributed by atoms with Crippen LogP contribution in [0.3, 0.4) is 0 Å². The fourth-order valence-electron chi connectivity index (χ4n) is 2.74. The van der Waals surface area contributed by atoms with Gasteiger partial charge in [-0.1, -0.05) is 45.0 Å². The first-order valence-corrected chi connectivity index (χ1v) is 9.30. The third kappa shape index (κ3) is 4.41. The lowest BCUT2D eigenvalue weighted by atomic mass is 9.86. The number of esters is 1. The van der Waals surface area contributed by atoms with Crippen LogP contribution in [0, 0.1) is 0 Å². The lowest BCUT2D eigenvalue weighted by Crippen LogP contribution is -2.12. The van der Waals surface area contributed by atoms with Crippen LogP contribution in [0.1, 0.15) is 48.5 Å². The Morgan fingerprint density at radius 3 is 2.28 bits per heavy atom. The molecule has 2 rings (SSSR count). The highest BCUT2D eigenvalue weighted by Gasteiger charge is 2.25. The molecule has 0 saturated carbocycles. The molecular weight excluding hydrogens is 332 g/mol. The van der Waals surface area contributed by atoms with Crippen molar-refractivity contribution in [3.05, 3.63) is 40.3 Å². The first kappa shape index (κ1) is 19.5. The molecule has 2 N–H and O–H groups in total. The van der Waals surface area contributed by atoms with E-state index >= 15 is 0 Å². The van der Waals surface area contributed by atoms with Gasteiger partial charge in [-0.05, 0) is 37.6 Å². The maximum absolute atomic E-state index is 12.5. The van der Waals surface area contributed by atoms with Gasteiger partial charge in [0.15, 0.2) is 0 Å². The average Bonchev–Trinajstić information content (AvgIpc) is 2.82. The van der Waals surface area contributed by atoms with Crippen LogP contribution in [0.15, 0.2) is 24.3 Å². The lowest BCUT2D eigenvalue weighted by Gasteiger charge is -2.19. The van der Waals surface area contributed by atoms with E-state index in [0.717, 1.165) is 22.5 Å². The number of thiophene rings is 1. The van der Waals surface area contributed by atoms with Gasteiger partial charge >= 0.3 is 5.97 Å². The highest BCUT2D eigenvalue weighted by molar-refractivity contribution is 7.17. The van der Waals surface area contributed by atoms with Gasteiger partial charge < -0.3 is 15.4 Å². The van der Waals surface area contributed by atoms with Crippen molar-refractivity contribution in [3.63, 3.8) is 0 Å². The van der Waals surface area contributed by atoms with Gasteiger partial charge in [-0.15, -0.1) is 11.3 Å². The number of benzene rings is 1. The van der Waals surface area contributed by atoms with E-state index in [1.54, 1.807) is 6.92 Å². The van der Waals surface area contributed by atoms with E-state index in [2.05, 4.69) is 49.9 Å². The van der Waals surface area contributed by atoms with Crippen LogP contribution in [0.4, 0.5) is 5.00 Å². The Kier molecular flexibility index (Phi) is 5.91. The molecule has 2 aromatic rings. The summed E-state index contributed by atoms with van der Waals surface area (Å²) in [5.74, 6) is -0.351. The predicted molar refractivity (Wildman–Crippen MR) is 106 cm³/mol. The number of nitrogens with two attached hydrogens (primary N) is 1. The summed E-state index contributed by atoms with van der Waals surface area (Å²) in [5.41, 5.74) is 9.92. The molecule has 0 fully saturated rings. The molecule has 0 aliphatic rings. The molecule has 0 atom stereocenters. The standard InChI is InChI=1S/C20H28N2O2S/c1-7-24-19(23)17-16(15(12-22(5)6)25-18(17)21)13-8-10-14(11-9-13)20(2,3)4/h8-11H,7,12,21H2,1-6H3. The molecule has 5 heteroatoms. The summed E-state index contributed by atoms with van der Waals surface area (Å²) in [4.78, 5) is 15.6.